The molecule has 9 heteroatoms. The van der Waals surface area contributed by atoms with Crippen molar-refractivity contribution in [1.29, 1.82) is 0 Å². The smallest absolute Gasteiger partial charge is 0.426 e. The van der Waals surface area contributed by atoms with Gasteiger partial charge in [-0.1, -0.05) is 12.1 Å². The molecule has 1 amide bonds. The highest BCUT2D eigenvalue weighted by molar-refractivity contribution is 7.95. The van der Waals surface area contributed by atoms with Gasteiger partial charge in [0.1, 0.15) is 11.7 Å². The Morgan fingerprint density at radius 1 is 1.34 bits per heavy atom. The van der Waals surface area contributed by atoms with Crippen molar-refractivity contribution in [2.45, 2.75) is 58.8 Å². The van der Waals surface area contributed by atoms with E-state index in [0.717, 1.165) is 0 Å². The fourth-order valence-electron chi connectivity index (χ4n) is 2.81. The number of fused-ring (bicyclic) bond motifs is 1. The molecule has 0 aliphatic carbocycles. The molecule has 1 aromatic rings. The van der Waals surface area contributed by atoms with Crippen LogP contribution in [0.3, 0.4) is 0 Å². The van der Waals surface area contributed by atoms with Crippen molar-refractivity contribution in [2.75, 3.05) is 20.2 Å². The highest BCUT2D eigenvalue weighted by Gasteiger charge is 2.42. The monoisotopic (exact) mass is 426 g/mol. The summed E-state index contributed by atoms with van der Waals surface area (Å²) >= 11 is 1.17. The molecule has 8 nitrogen and oxygen atoms in total. The maximum Gasteiger partial charge on any atom is 0.426 e. The van der Waals surface area contributed by atoms with Crippen molar-refractivity contribution < 1.29 is 28.9 Å². The number of aliphatic hydroxyl groups is 1. The van der Waals surface area contributed by atoms with E-state index in [1.54, 1.807) is 46.0 Å². The van der Waals surface area contributed by atoms with Crippen LogP contribution in [0.5, 0.6) is 11.5 Å². The average Bonchev–Trinajstić information content (AvgIpc) is 2.88. The van der Waals surface area contributed by atoms with Gasteiger partial charge >= 0.3 is 12.1 Å². The minimum atomic E-state index is -0.803. The van der Waals surface area contributed by atoms with Crippen LogP contribution >= 0.6 is 12.1 Å². The van der Waals surface area contributed by atoms with E-state index in [2.05, 4.69) is 0 Å². The number of amides is 1. The Hall–Kier alpha value is -1.97. The molecule has 1 aliphatic heterocycles. The molecule has 0 bridgehead atoms. The van der Waals surface area contributed by atoms with E-state index < -0.39 is 17.8 Å². The van der Waals surface area contributed by atoms with Crippen molar-refractivity contribution in [3.8, 4) is 11.5 Å². The third-order valence-corrected chi connectivity index (χ3v) is 5.63. The molecule has 0 radical (unpaired) electrons. The third-order valence-electron chi connectivity index (χ3n) is 4.43. The zero-order chi connectivity index (χ0) is 21.8. The number of nitrogens with zero attached hydrogens (tertiary/aromatic N) is 2. The number of carbonyl (C=O) groups excluding carboxylic acids is 2. The van der Waals surface area contributed by atoms with E-state index >= 15 is 0 Å². The predicted octanol–water partition coefficient (Wildman–Crippen LogP) is 3.55. The fraction of sp³-hybridized carbons (Fsp3) is 0.600. The summed E-state index contributed by atoms with van der Waals surface area (Å²) in [7, 11) is 1.59. The van der Waals surface area contributed by atoms with Gasteiger partial charge in [0.25, 0.3) is 0 Å². The highest BCUT2D eigenvalue weighted by Crippen LogP contribution is 2.47. The van der Waals surface area contributed by atoms with Gasteiger partial charge in [-0.2, -0.15) is 0 Å². The molecule has 0 saturated carbocycles. The topological polar surface area (TPSA) is 88.5 Å². The van der Waals surface area contributed by atoms with Crippen LogP contribution in [0.4, 0.5) is 4.79 Å². The van der Waals surface area contributed by atoms with Gasteiger partial charge in [0.2, 0.25) is 0 Å². The van der Waals surface area contributed by atoms with Crippen LogP contribution in [0.1, 0.15) is 52.7 Å². The lowest BCUT2D eigenvalue weighted by Gasteiger charge is -2.28. The summed E-state index contributed by atoms with van der Waals surface area (Å²) in [5.74, 6) is 0.356. The first-order chi connectivity index (χ1) is 13.6. The Morgan fingerprint density at radius 3 is 2.66 bits per heavy atom. The second kappa shape index (κ2) is 9.69. The van der Waals surface area contributed by atoms with E-state index in [4.69, 9.17) is 14.2 Å². The number of rotatable bonds is 8. The van der Waals surface area contributed by atoms with E-state index in [1.165, 1.54) is 16.4 Å². The molecule has 1 aromatic carbocycles. The van der Waals surface area contributed by atoms with Crippen LogP contribution in [0.2, 0.25) is 0 Å². The number of ether oxygens (including phenoxy) is 3. The summed E-state index contributed by atoms with van der Waals surface area (Å²) in [5.41, 5.74) is -0.207. The van der Waals surface area contributed by atoms with Crippen LogP contribution < -0.4 is 9.47 Å². The molecule has 162 valence electrons. The Morgan fingerprint density at radius 2 is 2.03 bits per heavy atom. The zero-order valence-corrected chi connectivity index (χ0v) is 18.6. The largest absolute Gasteiger partial charge is 0.480 e. The van der Waals surface area contributed by atoms with E-state index in [0.29, 0.717) is 24.5 Å². The van der Waals surface area contributed by atoms with Crippen LogP contribution in [0.25, 0.3) is 0 Å². The molecule has 1 atom stereocenters. The normalized spacial score (nSPS) is 17.1. The minimum absolute atomic E-state index is 0.0879. The average molecular weight is 427 g/mol. The molecule has 0 saturated heterocycles. The van der Waals surface area contributed by atoms with Gasteiger partial charge in [-0.15, -0.1) is 0 Å². The first-order valence-electron chi connectivity index (χ1n) is 9.62. The lowest BCUT2D eigenvalue weighted by molar-refractivity contribution is -0.143. The van der Waals surface area contributed by atoms with Crippen LogP contribution in [0, 0.1) is 0 Å². The number of para-hydroxylation sites is 1. The molecule has 29 heavy (non-hydrogen) atoms. The predicted molar refractivity (Wildman–Crippen MR) is 111 cm³/mol. The maximum absolute atomic E-state index is 12.6. The van der Waals surface area contributed by atoms with Crippen LogP contribution in [0.15, 0.2) is 18.2 Å². The zero-order valence-electron chi connectivity index (χ0n) is 17.8. The standard InChI is InChI=1S/C20H30N2O6S/c1-7-26-16(23)11-12-22(13(2)3)29-21(6)19(25)27-15-10-8-9-14-17(15)28-20(4,5)18(14)24/h8-10,13,18,24H,7,11-12H2,1-6H3. The van der Waals surface area contributed by atoms with Crippen molar-refractivity contribution in [1.82, 2.24) is 8.61 Å². The van der Waals surface area contributed by atoms with Gasteiger partial charge in [0, 0.05) is 37.3 Å². The van der Waals surface area contributed by atoms with Gasteiger partial charge in [0.05, 0.1) is 13.0 Å². The second-order valence-corrected chi connectivity index (χ2v) is 8.70. The summed E-state index contributed by atoms with van der Waals surface area (Å²) < 4.78 is 19.5. The fourth-order valence-corrected chi connectivity index (χ4v) is 3.59. The molecule has 1 heterocycles. The molecular weight excluding hydrogens is 396 g/mol. The maximum atomic E-state index is 12.6. The number of hydrogen-bond acceptors (Lipinski definition) is 8. The van der Waals surface area contributed by atoms with Crippen molar-refractivity contribution in [3.63, 3.8) is 0 Å². The molecule has 1 unspecified atom stereocenters. The van der Waals surface area contributed by atoms with Gasteiger partial charge in [-0.3, -0.25) is 4.79 Å². The first kappa shape index (κ1) is 23.3. The third kappa shape index (κ3) is 5.77. The molecule has 0 fully saturated rings. The van der Waals surface area contributed by atoms with Crippen molar-refractivity contribution in [3.05, 3.63) is 23.8 Å². The van der Waals surface area contributed by atoms with Crippen LogP contribution in [-0.2, 0) is 9.53 Å². The Bertz CT molecular complexity index is 740. The number of aliphatic hydroxyl groups excluding tert-OH is 1. The summed E-state index contributed by atoms with van der Waals surface area (Å²) in [5, 5.41) is 10.4. The van der Waals surface area contributed by atoms with Crippen molar-refractivity contribution >= 4 is 24.2 Å². The minimum Gasteiger partial charge on any atom is -0.480 e. The number of esters is 1. The number of hydrogen-bond donors (Lipinski definition) is 1. The van der Waals surface area contributed by atoms with E-state index in [-0.39, 0.29) is 24.2 Å². The molecular formula is C20H30N2O6S. The summed E-state index contributed by atoms with van der Waals surface area (Å²) in [6, 6.07) is 5.18. The van der Waals surface area contributed by atoms with Gasteiger partial charge in [0.15, 0.2) is 11.5 Å². The first-order valence-corrected chi connectivity index (χ1v) is 10.4. The Labute approximate surface area is 176 Å². The van der Waals surface area contributed by atoms with Crippen molar-refractivity contribution in [2.24, 2.45) is 0 Å². The molecule has 0 spiro atoms. The number of carbonyl (C=O) groups is 2. The molecule has 1 aliphatic rings. The van der Waals surface area contributed by atoms with Gasteiger partial charge in [-0.05, 0) is 40.7 Å². The quantitative estimate of drug-likeness (QED) is 0.499. The summed E-state index contributed by atoms with van der Waals surface area (Å²) in [4.78, 5) is 24.2. The highest BCUT2D eigenvalue weighted by atomic mass is 32.2. The molecule has 2 rings (SSSR count). The van der Waals surface area contributed by atoms with Crippen LogP contribution in [-0.4, -0.2) is 57.6 Å². The molecule has 1 N–H and O–H groups in total. The van der Waals surface area contributed by atoms with Gasteiger partial charge in [-0.25, -0.2) is 13.4 Å². The Balaban J connectivity index is 2.01. The number of benzene rings is 1. The molecule has 0 aromatic heterocycles. The Kier molecular flexibility index (Phi) is 7.79. The summed E-state index contributed by atoms with van der Waals surface area (Å²) in [6.45, 7) is 10.0. The van der Waals surface area contributed by atoms with E-state index in [1.807, 2.05) is 18.2 Å². The van der Waals surface area contributed by atoms with E-state index in [9.17, 15) is 14.7 Å². The lowest BCUT2D eigenvalue weighted by atomic mass is 9.98. The van der Waals surface area contributed by atoms with Gasteiger partial charge < -0.3 is 19.3 Å². The summed E-state index contributed by atoms with van der Waals surface area (Å²) in [6.07, 6.45) is -1.16. The lowest BCUT2D eigenvalue weighted by Crippen LogP contribution is -2.34. The second-order valence-electron chi connectivity index (χ2n) is 7.52. The SMILES string of the molecule is CCOC(=O)CCN(SN(C)C(=O)Oc1cccc2c1OC(C)(C)C2O)C(C)C.